The summed E-state index contributed by atoms with van der Waals surface area (Å²) in [4.78, 5) is 0. The predicted molar refractivity (Wildman–Crippen MR) is 56.3 cm³/mol. The molecule has 72 valence electrons. The van der Waals surface area contributed by atoms with Gasteiger partial charge in [0.05, 0.1) is 6.61 Å². The summed E-state index contributed by atoms with van der Waals surface area (Å²) in [7, 11) is 0. The van der Waals surface area contributed by atoms with Crippen LogP contribution < -0.4 is 10.5 Å². The molecule has 13 heavy (non-hydrogen) atoms. The number of rotatable bonds is 3. The molecule has 1 saturated carbocycles. The average Bonchev–Trinajstić information content (AvgIpc) is 2.84. The summed E-state index contributed by atoms with van der Waals surface area (Å²) in [5.41, 5.74) is 6.37. The first-order valence-corrected chi connectivity index (χ1v) is 4.33. The molecule has 0 bridgehead atoms. The number of hydrogen-bond acceptors (Lipinski definition) is 2. The Balaban J connectivity index is 0.000000845. The highest BCUT2D eigenvalue weighted by Gasteiger charge is 2.21. The Bertz CT molecular complexity index is 273. The maximum Gasteiger partial charge on any atom is 0.121 e. The first kappa shape index (κ1) is 10.2. The van der Waals surface area contributed by atoms with E-state index in [1.54, 1.807) is 0 Å². The van der Waals surface area contributed by atoms with Crippen LogP contribution in [-0.2, 0) is 0 Å². The highest BCUT2D eigenvalue weighted by Crippen LogP contribution is 2.29. The first-order chi connectivity index (χ1) is 5.84. The number of nitrogens with two attached hydrogens (primary N) is 1. The molecule has 0 amide bonds. The Morgan fingerprint density at radius 3 is 2.77 bits per heavy atom. The van der Waals surface area contributed by atoms with E-state index < -0.39 is 0 Å². The largest absolute Gasteiger partial charge is 0.493 e. The Hall–Kier alpha value is -0.890. The first-order valence-electron chi connectivity index (χ1n) is 4.33. The maximum absolute atomic E-state index is 5.60. The zero-order chi connectivity index (χ0) is 8.39. The lowest BCUT2D eigenvalue weighted by Crippen LogP contribution is -1.99. The van der Waals surface area contributed by atoms with E-state index in [4.69, 9.17) is 10.5 Å². The molecule has 0 atom stereocenters. The van der Waals surface area contributed by atoms with Gasteiger partial charge in [-0.05, 0) is 30.9 Å². The summed E-state index contributed by atoms with van der Waals surface area (Å²) in [6.45, 7) is 0.851. The lowest BCUT2D eigenvalue weighted by Gasteiger charge is -2.04. The third kappa shape index (κ3) is 3.15. The molecule has 1 fully saturated rings. The Kier molecular flexibility index (Phi) is 3.43. The third-order valence-corrected chi connectivity index (χ3v) is 2.04. The third-order valence-electron chi connectivity index (χ3n) is 2.04. The van der Waals surface area contributed by atoms with Crippen LogP contribution in [0.4, 0.5) is 5.69 Å². The van der Waals surface area contributed by atoms with E-state index in [-0.39, 0.29) is 12.4 Å². The van der Waals surface area contributed by atoms with E-state index in [1.807, 2.05) is 24.3 Å². The number of anilines is 1. The van der Waals surface area contributed by atoms with Gasteiger partial charge in [-0.3, -0.25) is 0 Å². The standard InChI is InChI=1S/C10H13NO.ClH/c11-9-2-1-3-10(6-9)12-7-8-4-5-8;/h1-3,6,8H,4-5,7,11H2;1H. The van der Waals surface area contributed by atoms with Crippen molar-refractivity contribution in [3.8, 4) is 5.75 Å². The van der Waals surface area contributed by atoms with Crippen molar-refractivity contribution in [2.24, 2.45) is 5.92 Å². The average molecular weight is 200 g/mol. The molecule has 0 unspecified atom stereocenters. The van der Waals surface area contributed by atoms with Gasteiger partial charge in [0.2, 0.25) is 0 Å². The minimum Gasteiger partial charge on any atom is -0.493 e. The summed E-state index contributed by atoms with van der Waals surface area (Å²) < 4.78 is 5.53. The Labute approximate surface area is 84.5 Å². The fourth-order valence-electron chi connectivity index (χ4n) is 1.10. The monoisotopic (exact) mass is 199 g/mol. The van der Waals surface area contributed by atoms with Gasteiger partial charge in [0, 0.05) is 11.8 Å². The molecule has 0 spiro atoms. The van der Waals surface area contributed by atoms with Crippen molar-refractivity contribution in [2.75, 3.05) is 12.3 Å². The van der Waals surface area contributed by atoms with Gasteiger partial charge >= 0.3 is 0 Å². The van der Waals surface area contributed by atoms with Gasteiger partial charge in [-0.1, -0.05) is 6.07 Å². The minimum absolute atomic E-state index is 0. The summed E-state index contributed by atoms with van der Waals surface area (Å²) >= 11 is 0. The second-order valence-electron chi connectivity index (χ2n) is 3.33. The van der Waals surface area contributed by atoms with E-state index in [0.717, 1.165) is 24.0 Å². The fourth-order valence-corrected chi connectivity index (χ4v) is 1.10. The van der Waals surface area contributed by atoms with Crippen molar-refractivity contribution in [3.05, 3.63) is 24.3 Å². The zero-order valence-electron chi connectivity index (χ0n) is 7.40. The van der Waals surface area contributed by atoms with Crippen molar-refractivity contribution >= 4 is 18.1 Å². The highest BCUT2D eigenvalue weighted by molar-refractivity contribution is 5.85. The minimum atomic E-state index is 0. The van der Waals surface area contributed by atoms with Gasteiger partial charge < -0.3 is 10.5 Å². The smallest absolute Gasteiger partial charge is 0.121 e. The van der Waals surface area contributed by atoms with Crippen LogP contribution in [0.5, 0.6) is 5.75 Å². The van der Waals surface area contributed by atoms with Crippen LogP contribution in [0.2, 0.25) is 0 Å². The summed E-state index contributed by atoms with van der Waals surface area (Å²) in [6, 6.07) is 7.59. The molecule has 1 aromatic carbocycles. The van der Waals surface area contributed by atoms with Gasteiger partial charge in [0.1, 0.15) is 5.75 Å². The predicted octanol–water partition coefficient (Wildman–Crippen LogP) is 2.48. The normalized spacial score (nSPS) is 14.8. The molecule has 2 nitrogen and oxygen atoms in total. The van der Waals surface area contributed by atoms with Crippen molar-refractivity contribution in [3.63, 3.8) is 0 Å². The van der Waals surface area contributed by atoms with E-state index in [9.17, 15) is 0 Å². The highest BCUT2D eigenvalue weighted by atomic mass is 35.5. The van der Waals surface area contributed by atoms with Crippen LogP contribution in [0.15, 0.2) is 24.3 Å². The van der Waals surface area contributed by atoms with Crippen LogP contribution in [0.25, 0.3) is 0 Å². The lowest BCUT2D eigenvalue weighted by atomic mass is 10.3. The van der Waals surface area contributed by atoms with Crippen molar-refractivity contribution in [1.82, 2.24) is 0 Å². The molecule has 1 aliphatic rings. The van der Waals surface area contributed by atoms with Crippen LogP contribution in [0.3, 0.4) is 0 Å². The molecular weight excluding hydrogens is 186 g/mol. The van der Waals surface area contributed by atoms with E-state index in [1.165, 1.54) is 12.8 Å². The van der Waals surface area contributed by atoms with Crippen LogP contribution in [-0.4, -0.2) is 6.61 Å². The number of benzene rings is 1. The Morgan fingerprint density at radius 1 is 1.38 bits per heavy atom. The summed E-state index contributed by atoms with van der Waals surface area (Å²) in [6.07, 6.45) is 2.64. The maximum atomic E-state index is 5.60. The van der Waals surface area contributed by atoms with Crippen molar-refractivity contribution < 1.29 is 4.74 Å². The molecule has 0 aromatic heterocycles. The molecule has 1 aliphatic carbocycles. The van der Waals surface area contributed by atoms with Gasteiger partial charge in [-0.25, -0.2) is 0 Å². The molecule has 0 saturated heterocycles. The topological polar surface area (TPSA) is 35.2 Å². The molecule has 0 aliphatic heterocycles. The van der Waals surface area contributed by atoms with Gasteiger partial charge in [-0.2, -0.15) is 0 Å². The van der Waals surface area contributed by atoms with Gasteiger partial charge in [0.25, 0.3) is 0 Å². The molecule has 0 heterocycles. The number of hydrogen-bond donors (Lipinski definition) is 1. The van der Waals surface area contributed by atoms with Crippen LogP contribution in [0.1, 0.15) is 12.8 Å². The van der Waals surface area contributed by atoms with Crippen LogP contribution in [0, 0.1) is 5.92 Å². The van der Waals surface area contributed by atoms with Crippen molar-refractivity contribution in [2.45, 2.75) is 12.8 Å². The summed E-state index contributed by atoms with van der Waals surface area (Å²) in [5.74, 6) is 1.69. The molecule has 3 heteroatoms. The van der Waals surface area contributed by atoms with E-state index in [0.29, 0.717) is 0 Å². The van der Waals surface area contributed by atoms with Gasteiger partial charge in [0.15, 0.2) is 0 Å². The number of nitrogen functional groups attached to an aromatic ring is 1. The molecule has 0 radical (unpaired) electrons. The molecule has 1 aromatic rings. The zero-order valence-corrected chi connectivity index (χ0v) is 8.22. The summed E-state index contributed by atoms with van der Waals surface area (Å²) in [5, 5.41) is 0. The van der Waals surface area contributed by atoms with E-state index >= 15 is 0 Å². The molecule has 2 N–H and O–H groups in total. The SMILES string of the molecule is Cl.Nc1cccc(OCC2CC2)c1. The number of halogens is 1. The second-order valence-corrected chi connectivity index (χ2v) is 3.33. The van der Waals surface area contributed by atoms with Crippen LogP contribution >= 0.6 is 12.4 Å². The second kappa shape index (κ2) is 4.38. The van der Waals surface area contributed by atoms with E-state index in [2.05, 4.69) is 0 Å². The Morgan fingerprint density at radius 2 is 2.15 bits per heavy atom. The quantitative estimate of drug-likeness (QED) is 0.760. The fraction of sp³-hybridized carbons (Fsp3) is 0.400. The molecular formula is C10H14ClNO. The van der Waals surface area contributed by atoms with Crippen molar-refractivity contribution in [1.29, 1.82) is 0 Å². The lowest BCUT2D eigenvalue weighted by molar-refractivity contribution is 0.300. The van der Waals surface area contributed by atoms with Gasteiger partial charge in [-0.15, -0.1) is 12.4 Å². The number of ether oxygens (including phenoxy) is 1. The molecule has 2 rings (SSSR count).